The van der Waals surface area contributed by atoms with Gasteiger partial charge in [0.2, 0.25) is 0 Å². The number of rotatable bonds is 6. The highest BCUT2D eigenvalue weighted by atomic mass is 16.3. The van der Waals surface area contributed by atoms with Gasteiger partial charge in [-0.2, -0.15) is 0 Å². The number of hydrogen-bond donors (Lipinski definition) is 0. The molecule has 0 fully saturated rings. The van der Waals surface area contributed by atoms with Crippen molar-refractivity contribution in [2.24, 2.45) is 0 Å². The molecule has 9 aromatic carbocycles. The van der Waals surface area contributed by atoms with Gasteiger partial charge in [0.15, 0.2) is 0 Å². The van der Waals surface area contributed by atoms with Gasteiger partial charge in [-0.1, -0.05) is 140 Å². The standard InChI is InChI=1S/C54H34N2O2/c1-3-15-36(16-4-1)55(38-30-31-41-40-19-7-10-26-48(40)56(50(41)34-38)37-17-5-2-6-18-37)49-32-29-35(39-22-13-23-44-42-20-8-11-27-51(42)57-53(39)44)33-47(49)46-25-14-24-45-43-21-9-12-28-52(43)58-54(45)46/h1-34H. The summed E-state index contributed by atoms with van der Waals surface area (Å²) in [5, 5.41) is 6.83. The third-order valence-electron chi connectivity index (χ3n) is 11.6. The highest BCUT2D eigenvalue weighted by Crippen LogP contribution is 2.47. The summed E-state index contributed by atoms with van der Waals surface area (Å²) in [6, 6.07) is 73.2. The van der Waals surface area contributed by atoms with Crippen molar-refractivity contribution in [2.75, 3.05) is 4.90 Å². The Morgan fingerprint density at radius 1 is 0.345 bits per heavy atom. The monoisotopic (exact) mass is 742 g/mol. The van der Waals surface area contributed by atoms with E-state index in [0.29, 0.717) is 0 Å². The lowest BCUT2D eigenvalue weighted by Crippen LogP contribution is -2.11. The van der Waals surface area contributed by atoms with Gasteiger partial charge in [-0.3, -0.25) is 0 Å². The van der Waals surface area contributed by atoms with Crippen molar-refractivity contribution in [1.82, 2.24) is 4.57 Å². The molecule has 0 amide bonds. The molecule has 4 nitrogen and oxygen atoms in total. The van der Waals surface area contributed by atoms with Gasteiger partial charge in [0.1, 0.15) is 22.3 Å². The summed E-state index contributed by atoms with van der Waals surface area (Å²) in [7, 11) is 0. The van der Waals surface area contributed by atoms with Crippen molar-refractivity contribution in [1.29, 1.82) is 0 Å². The van der Waals surface area contributed by atoms with Gasteiger partial charge in [-0.25, -0.2) is 0 Å². The number of para-hydroxylation sites is 7. The van der Waals surface area contributed by atoms with Crippen molar-refractivity contribution < 1.29 is 8.83 Å². The van der Waals surface area contributed by atoms with E-state index in [0.717, 1.165) is 94.4 Å². The van der Waals surface area contributed by atoms with E-state index in [1.807, 2.05) is 18.2 Å². The number of anilines is 3. The molecule has 12 aromatic rings. The first kappa shape index (κ1) is 32.4. The van der Waals surface area contributed by atoms with Crippen molar-refractivity contribution in [3.63, 3.8) is 0 Å². The van der Waals surface area contributed by atoms with E-state index < -0.39 is 0 Å². The summed E-state index contributed by atoms with van der Waals surface area (Å²) in [5.74, 6) is 0. The molecule has 0 saturated heterocycles. The Morgan fingerprint density at radius 2 is 0.914 bits per heavy atom. The number of hydrogen-bond acceptors (Lipinski definition) is 3. The first-order chi connectivity index (χ1) is 28.8. The van der Waals surface area contributed by atoms with Crippen LogP contribution in [0.3, 0.4) is 0 Å². The van der Waals surface area contributed by atoms with Gasteiger partial charge < -0.3 is 18.3 Å². The minimum Gasteiger partial charge on any atom is -0.455 e. The van der Waals surface area contributed by atoms with Crippen LogP contribution in [0.15, 0.2) is 215 Å². The molecule has 0 bridgehead atoms. The van der Waals surface area contributed by atoms with Crippen molar-refractivity contribution >= 4 is 82.7 Å². The van der Waals surface area contributed by atoms with Gasteiger partial charge in [0.25, 0.3) is 0 Å². The third kappa shape index (κ3) is 4.95. The largest absolute Gasteiger partial charge is 0.455 e. The Morgan fingerprint density at radius 3 is 1.64 bits per heavy atom. The lowest BCUT2D eigenvalue weighted by atomic mass is 9.94. The van der Waals surface area contributed by atoms with Gasteiger partial charge >= 0.3 is 0 Å². The molecule has 0 aliphatic carbocycles. The Kier molecular flexibility index (Phi) is 7.20. The van der Waals surface area contributed by atoms with E-state index in [4.69, 9.17) is 8.83 Å². The highest BCUT2D eigenvalue weighted by Gasteiger charge is 2.24. The van der Waals surface area contributed by atoms with Crippen LogP contribution in [0.2, 0.25) is 0 Å². The van der Waals surface area contributed by atoms with Gasteiger partial charge in [-0.15, -0.1) is 0 Å². The highest BCUT2D eigenvalue weighted by molar-refractivity contribution is 6.14. The summed E-state index contributed by atoms with van der Waals surface area (Å²) in [6.07, 6.45) is 0. The third-order valence-corrected chi connectivity index (χ3v) is 11.6. The molecule has 0 saturated carbocycles. The molecular weight excluding hydrogens is 709 g/mol. The topological polar surface area (TPSA) is 34.5 Å². The molecule has 4 heteroatoms. The number of benzene rings is 9. The van der Waals surface area contributed by atoms with E-state index in [1.165, 1.54) is 16.3 Å². The molecule has 58 heavy (non-hydrogen) atoms. The van der Waals surface area contributed by atoms with Crippen LogP contribution in [0, 0.1) is 0 Å². The van der Waals surface area contributed by atoms with Crippen molar-refractivity contribution in [3.8, 4) is 27.9 Å². The summed E-state index contributed by atoms with van der Waals surface area (Å²) in [6.45, 7) is 0. The zero-order valence-electron chi connectivity index (χ0n) is 31.3. The summed E-state index contributed by atoms with van der Waals surface area (Å²) in [5.41, 5.74) is 14.2. The molecule has 3 heterocycles. The lowest BCUT2D eigenvalue weighted by molar-refractivity contribution is 0.670. The molecule has 0 radical (unpaired) electrons. The Balaban J connectivity index is 1.15. The second-order valence-electron chi connectivity index (χ2n) is 14.9. The maximum Gasteiger partial charge on any atom is 0.143 e. The van der Waals surface area contributed by atoms with Gasteiger partial charge in [0, 0.05) is 66.1 Å². The number of aromatic nitrogens is 1. The summed E-state index contributed by atoms with van der Waals surface area (Å²) < 4.78 is 15.7. The smallest absolute Gasteiger partial charge is 0.143 e. The van der Waals surface area contributed by atoms with E-state index in [9.17, 15) is 0 Å². The molecule has 0 spiro atoms. The minimum atomic E-state index is 0.858. The summed E-state index contributed by atoms with van der Waals surface area (Å²) >= 11 is 0. The Labute approximate surface area is 334 Å². The fourth-order valence-electron chi connectivity index (χ4n) is 9.01. The minimum absolute atomic E-state index is 0.858. The van der Waals surface area contributed by atoms with Crippen LogP contribution in [0.25, 0.3) is 93.6 Å². The van der Waals surface area contributed by atoms with E-state index in [-0.39, 0.29) is 0 Å². The van der Waals surface area contributed by atoms with Crippen LogP contribution in [0.1, 0.15) is 0 Å². The van der Waals surface area contributed by atoms with Crippen molar-refractivity contribution in [2.45, 2.75) is 0 Å². The predicted molar refractivity (Wildman–Crippen MR) is 241 cm³/mol. The van der Waals surface area contributed by atoms with Crippen LogP contribution < -0.4 is 4.90 Å². The van der Waals surface area contributed by atoms with E-state index >= 15 is 0 Å². The Hall–Kier alpha value is -7.82. The fourth-order valence-corrected chi connectivity index (χ4v) is 9.01. The molecule has 12 rings (SSSR count). The quantitative estimate of drug-likeness (QED) is 0.170. The summed E-state index contributed by atoms with van der Waals surface area (Å²) in [4.78, 5) is 2.38. The molecule has 272 valence electrons. The Bertz CT molecular complexity index is 3520. The van der Waals surface area contributed by atoms with E-state index in [1.54, 1.807) is 0 Å². The fraction of sp³-hybridized carbons (Fsp3) is 0. The van der Waals surface area contributed by atoms with Crippen LogP contribution in [0.5, 0.6) is 0 Å². The second-order valence-corrected chi connectivity index (χ2v) is 14.9. The van der Waals surface area contributed by atoms with Crippen LogP contribution in [-0.4, -0.2) is 4.57 Å². The maximum absolute atomic E-state index is 6.76. The molecule has 0 unspecified atom stereocenters. The maximum atomic E-state index is 6.76. The van der Waals surface area contributed by atoms with Gasteiger partial charge in [-0.05, 0) is 72.3 Å². The van der Waals surface area contributed by atoms with E-state index in [2.05, 4.69) is 198 Å². The first-order valence-electron chi connectivity index (χ1n) is 19.7. The van der Waals surface area contributed by atoms with Crippen LogP contribution in [0.4, 0.5) is 17.1 Å². The average Bonchev–Trinajstić information content (AvgIpc) is 3.97. The number of furan rings is 2. The SMILES string of the molecule is c1ccc(N(c2ccc3c4ccccc4n(-c4ccccc4)c3c2)c2ccc(-c3cccc4c3oc3ccccc34)cc2-c2cccc3c2oc2ccccc23)cc1. The molecule has 0 atom stereocenters. The molecule has 0 N–H and O–H groups in total. The van der Waals surface area contributed by atoms with Gasteiger partial charge in [0.05, 0.1) is 16.7 Å². The second kappa shape index (κ2) is 12.9. The van der Waals surface area contributed by atoms with Crippen molar-refractivity contribution in [3.05, 3.63) is 206 Å². The molecular formula is C54H34N2O2. The predicted octanol–water partition coefficient (Wildman–Crippen LogP) is 15.4. The average molecular weight is 743 g/mol. The normalized spacial score (nSPS) is 11.8. The van der Waals surface area contributed by atoms with Crippen LogP contribution >= 0.6 is 0 Å². The zero-order chi connectivity index (χ0) is 38.2. The zero-order valence-corrected chi connectivity index (χ0v) is 31.3. The number of fused-ring (bicyclic) bond motifs is 9. The van der Waals surface area contributed by atoms with Crippen LogP contribution in [-0.2, 0) is 0 Å². The lowest BCUT2D eigenvalue weighted by Gasteiger charge is -2.28. The molecule has 3 aromatic heterocycles. The number of nitrogens with zero attached hydrogens (tertiary/aromatic N) is 2. The first-order valence-corrected chi connectivity index (χ1v) is 19.7. The molecule has 0 aliphatic heterocycles. The molecule has 0 aliphatic rings.